The number of ether oxygens (including phenoxy) is 4. The van der Waals surface area contributed by atoms with Gasteiger partial charge in [0.05, 0.1) is 21.7 Å². The molecule has 7 atom stereocenters. The summed E-state index contributed by atoms with van der Waals surface area (Å²) in [4.78, 5) is 117. The van der Waals surface area contributed by atoms with Gasteiger partial charge in [-0.2, -0.15) is 47.0 Å². The van der Waals surface area contributed by atoms with Crippen LogP contribution in [0.5, 0.6) is 0 Å². The maximum atomic E-state index is 15.3. The first-order valence-corrected chi connectivity index (χ1v) is 42.9. The van der Waals surface area contributed by atoms with E-state index in [1.807, 2.05) is 102 Å². The van der Waals surface area contributed by atoms with Gasteiger partial charge < -0.3 is 38.5 Å². The average Bonchev–Trinajstić information content (AvgIpc) is 0.986. The highest BCUT2D eigenvalue weighted by Gasteiger charge is 2.48. The molecule has 99 heavy (non-hydrogen) atoms. The summed E-state index contributed by atoms with van der Waals surface area (Å²) < 4.78 is 26.7. The number of carbonyl (C=O) groups is 8. The Kier molecular flexibility index (Phi) is 40.1. The van der Waals surface area contributed by atoms with Crippen LogP contribution >= 0.6 is 47.0 Å². The highest BCUT2D eigenvalue weighted by molar-refractivity contribution is 8.00. The molecule has 0 aromatic carbocycles. The zero-order chi connectivity index (χ0) is 73.4. The van der Waals surface area contributed by atoms with Crippen LogP contribution in [0, 0.1) is 50.7 Å². The molecule has 7 unspecified atom stereocenters. The van der Waals surface area contributed by atoms with E-state index in [0.717, 1.165) is 216 Å². The lowest BCUT2D eigenvalue weighted by molar-refractivity contribution is -0.185. The van der Waals surface area contributed by atoms with Crippen molar-refractivity contribution in [3.8, 4) is 0 Å². The zero-order valence-electron chi connectivity index (χ0n) is 65.1. The largest absolute Gasteiger partial charge is 0.464 e. The second kappa shape index (κ2) is 44.8. The summed E-state index contributed by atoms with van der Waals surface area (Å²) in [5, 5.41) is 1.76. The quantitative estimate of drug-likeness (QED) is 0.0457. The minimum atomic E-state index is -1.49. The molecular formula is C79H140N4O12S4. The van der Waals surface area contributed by atoms with Crippen molar-refractivity contribution in [2.75, 3.05) is 106 Å². The van der Waals surface area contributed by atoms with Crippen LogP contribution in [0.2, 0.25) is 0 Å². The van der Waals surface area contributed by atoms with Crippen molar-refractivity contribution < 1.29 is 57.3 Å². The lowest BCUT2D eigenvalue weighted by Gasteiger charge is -2.39. The lowest BCUT2D eigenvalue weighted by Crippen LogP contribution is -2.48. The van der Waals surface area contributed by atoms with Gasteiger partial charge in [0.2, 0.25) is 23.6 Å². The molecule has 0 bridgehead atoms. The van der Waals surface area contributed by atoms with Gasteiger partial charge in [-0.25, -0.2) is 0 Å². The summed E-state index contributed by atoms with van der Waals surface area (Å²) >= 11 is 7.57. The van der Waals surface area contributed by atoms with Gasteiger partial charge in [-0.15, -0.1) is 0 Å². The molecule has 4 saturated carbocycles. The van der Waals surface area contributed by atoms with Gasteiger partial charge in [0.1, 0.15) is 31.8 Å². The lowest BCUT2D eigenvalue weighted by atomic mass is 9.72. The fourth-order valence-corrected chi connectivity index (χ4v) is 20.3. The van der Waals surface area contributed by atoms with E-state index in [1.165, 1.54) is 0 Å². The number of carbonyl (C=O) groups excluding carboxylic acids is 8. The van der Waals surface area contributed by atoms with Gasteiger partial charge in [-0.05, 0) is 182 Å². The molecule has 4 rings (SSSR count). The Morgan fingerprint density at radius 3 is 0.667 bits per heavy atom. The number of thioether (sulfide) groups is 4. The van der Waals surface area contributed by atoms with Crippen LogP contribution in [0.3, 0.4) is 0 Å². The molecule has 16 nitrogen and oxygen atoms in total. The Bertz CT molecular complexity index is 2450. The van der Waals surface area contributed by atoms with E-state index in [-0.39, 0.29) is 73.7 Å². The maximum absolute atomic E-state index is 15.3. The van der Waals surface area contributed by atoms with Crippen molar-refractivity contribution in [1.29, 1.82) is 0 Å². The Hall–Kier alpha value is -2.84. The first kappa shape index (κ1) is 88.6. The topological polar surface area (TPSA) is 186 Å². The molecule has 4 aliphatic rings. The van der Waals surface area contributed by atoms with Crippen LogP contribution in [0.25, 0.3) is 0 Å². The van der Waals surface area contributed by atoms with Gasteiger partial charge in [0.15, 0.2) is 0 Å². The van der Waals surface area contributed by atoms with Gasteiger partial charge in [0.25, 0.3) is 0 Å². The molecule has 0 saturated heterocycles. The van der Waals surface area contributed by atoms with Crippen molar-refractivity contribution >= 4 is 94.6 Å². The fraction of sp³-hybridized carbons (Fsp3) is 0.899. The highest BCUT2D eigenvalue weighted by atomic mass is 32.2. The monoisotopic (exact) mass is 1460 g/mol. The molecule has 0 aromatic rings. The predicted molar refractivity (Wildman–Crippen MR) is 412 cm³/mol. The Labute approximate surface area is 618 Å². The smallest absolute Gasteiger partial charge is 0.311 e. The molecule has 0 spiro atoms. The zero-order valence-corrected chi connectivity index (χ0v) is 68.4. The standard InChI is InChI=1S/C79H140N4O12S4/c1-75(2,59-31-20-17-18-22-39-63(42-26-34-59)96-51-47-67(84)80(9)10)71(88)92-55-79(58-95-74(91)78(7,8)62-37-29-45-66(46-30-38-62)99-54-50-70(87)83(15)16,57-94-73(90)77(5,6)61-33-24-25-41-65(44-28-36-61)98-53-49-69(86)82(13)14)56-93-72(89)76(3,4)60-32-21-19-23-40-64(43-27-35-60)97-52-48-68(85)81(11)12/h59-66H,17-58H2,1-16H3. The van der Waals surface area contributed by atoms with Crippen molar-refractivity contribution in [1.82, 2.24) is 19.6 Å². The summed E-state index contributed by atoms with van der Waals surface area (Å²) in [6.07, 6.45) is 31.2. The molecular weight excluding hydrogens is 1330 g/mol. The van der Waals surface area contributed by atoms with Crippen molar-refractivity contribution in [3.63, 3.8) is 0 Å². The van der Waals surface area contributed by atoms with Gasteiger partial charge in [0, 0.05) is 126 Å². The first-order valence-electron chi connectivity index (χ1n) is 38.7. The SMILES string of the molecule is CN(C)C(=O)CCSC1CCCCCCC(C(C)(C)C(=O)OCC(COC(=O)C(C)(C)C2CCCCCC(SCCC(=O)N(C)C)CCC2)(COC(=O)C(C)(C)C2CCCCC(SCCC(=O)N(C)C)CCC2)COC(=O)C(C)(C)C2CCCC(SCCC(=O)N(C)C)CCC2)CCC1. The second-order valence-electron chi connectivity index (χ2n) is 33.2. The molecule has 0 aliphatic heterocycles. The van der Waals surface area contributed by atoms with E-state index in [9.17, 15) is 19.2 Å². The van der Waals surface area contributed by atoms with E-state index >= 15 is 19.2 Å². The minimum absolute atomic E-state index is 0.00632. The molecule has 0 radical (unpaired) electrons. The molecule has 0 N–H and O–H groups in total. The summed E-state index contributed by atoms with van der Waals surface area (Å²) in [6, 6.07) is 0. The van der Waals surface area contributed by atoms with Crippen molar-refractivity contribution in [2.45, 2.75) is 295 Å². The summed E-state index contributed by atoms with van der Waals surface area (Å²) in [6.45, 7) is 14.6. The third-order valence-electron chi connectivity index (χ3n) is 23.0. The van der Waals surface area contributed by atoms with Crippen molar-refractivity contribution in [3.05, 3.63) is 0 Å². The highest BCUT2D eigenvalue weighted by Crippen LogP contribution is 2.45. The van der Waals surface area contributed by atoms with E-state index < -0.39 is 51.0 Å². The number of amides is 4. The van der Waals surface area contributed by atoms with Crippen LogP contribution in [0.4, 0.5) is 0 Å². The van der Waals surface area contributed by atoms with E-state index in [4.69, 9.17) is 18.9 Å². The van der Waals surface area contributed by atoms with Crippen LogP contribution in [0.1, 0.15) is 274 Å². The Balaban J connectivity index is 1.71. The Morgan fingerprint density at radius 2 is 0.444 bits per heavy atom. The summed E-state index contributed by atoms with van der Waals surface area (Å²) in [5.74, 6) is 2.16. The van der Waals surface area contributed by atoms with E-state index in [0.29, 0.717) is 46.7 Å². The molecule has 4 aliphatic carbocycles. The molecule has 572 valence electrons. The predicted octanol–water partition coefficient (Wildman–Crippen LogP) is 16.8. The van der Waals surface area contributed by atoms with Crippen LogP contribution in [-0.2, 0) is 57.3 Å². The fourth-order valence-electron chi connectivity index (χ4n) is 15.2. The van der Waals surface area contributed by atoms with E-state index in [1.54, 1.807) is 76.0 Å². The Morgan fingerprint density at radius 1 is 0.273 bits per heavy atom. The maximum Gasteiger partial charge on any atom is 0.311 e. The third-order valence-corrected chi connectivity index (χ3v) is 28.6. The number of esters is 4. The summed E-state index contributed by atoms with van der Waals surface area (Å²) in [5.41, 5.74) is -5.17. The number of nitrogens with zero attached hydrogens (tertiary/aromatic N) is 4. The molecule has 0 aromatic heterocycles. The molecule has 20 heteroatoms. The van der Waals surface area contributed by atoms with Gasteiger partial charge in [-0.1, -0.05) is 89.9 Å². The molecule has 4 amide bonds. The van der Waals surface area contributed by atoms with Gasteiger partial charge >= 0.3 is 23.9 Å². The summed E-state index contributed by atoms with van der Waals surface area (Å²) in [7, 11) is 14.4. The normalized spacial score (nSPS) is 24.0. The number of rotatable bonds is 32. The van der Waals surface area contributed by atoms with Crippen LogP contribution in [0.15, 0.2) is 0 Å². The minimum Gasteiger partial charge on any atom is -0.464 e. The van der Waals surface area contributed by atoms with Crippen LogP contribution in [-0.4, -0.2) is 194 Å². The average molecular weight is 1470 g/mol. The van der Waals surface area contributed by atoms with Gasteiger partial charge in [-0.3, -0.25) is 38.4 Å². The first-order chi connectivity index (χ1) is 46.7. The number of hydrogen-bond donors (Lipinski definition) is 0. The second-order valence-corrected chi connectivity index (χ2v) is 38.8. The number of hydrogen-bond acceptors (Lipinski definition) is 16. The van der Waals surface area contributed by atoms with Crippen molar-refractivity contribution in [2.24, 2.45) is 50.7 Å². The molecule has 0 heterocycles. The third kappa shape index (κ3) is 31.0. The van der Waals surface area contributed by atoms with E-state index in [2.05, 4.69) is 0 Å². The molecule has 4 fully saturated rings. The van der Waals surface area contributed by atoms with Crippen LogP contribution < -0.4 is 0 Å².